The van der Waals surface area contributed by atoms with Crippen LogP contribution in [0.1, 0.15) is 47.0 Å². The Morgan fingerprint density at radius 2 is 2.15 bits per heavy atom. The maximum Gasteiger partial charge on any atom is 0.331 e. The van der Waals surface area contributed by atoms with E-state index < -0.39 is 5.97 Å². The Morgan fingerprint density at radius 3 is 2.96 bits per heavy atom. The number of hydrogen-bond donors (Lipinski definition) is 1. The van der Waals surface area contributed by atoms with E-state index in [1.807, 2.05) is 13.0 Å². The topological polar surface area (TPSA) is 91.2 Å². The lowest BCUT2D eigenvalue weighted by atomic mass is 10.1. The summed E-state index contributed by atoms with van der Waals surface area (Å²) in [6.45, 7) is 1.83. The average molecular weight is 383 g/mol. The number of nitrogens with two attached hydrogens (primary N) is 1. The summed E-state index contributed by atoms with van der Waals surface area (Å²) in [4.78, 5) is 23.1. The lowest BCUT2D eigenvalue weighted by Crippen LogP contribution is -2.06. The first-order valence-corrected chi connectivity index (χ1v) is 9.90. The zero-order valence-corrected chi connectivity index (χ0v) is 16.0. The number of hydrogen-bond acceptors (Lipinski definition) is 7. The second-order valence-corrected chi connectivity index (χ2v) is 7.74. The van der Waals surface area contributed by atoms with Crippen LogP contribution in [0.3, 0.4) is 0 Å². The summed E-state index contributed by atoms with van der Waals surface area (Å²) >= 11 is 1.69. The van der Waals surface area contributed by atoms with Crippen molar-refractivity contribution in [1.29, 1.82) is 0 Å². The van der Waals surface area contributed by atoms with Gasteiger partial charge in [0, 0.05) is 11.0 Å². The normalized spacial score (nSPS) is 14.4. The number of thiophene rings is 1. The van der Waals surface area contributed by atoms with Gasteiger partial charge in [-0.1, -0.05) is 6.42 Å². The molecule has 3 aromatic rings. The van der Waals surface area contributed by atoms with Gasteiger partial charge in [-0.2, -0.15) is 0 Å². The molecular weight excluding hydrogens is 362 g/mol. The molecule has 0 spiro atoms. The number of aryl methyl sites for hydroxylation is 3. The van der Waals surface area contributed by atoms with E-state index in [4.69, 9.17) is 14.9 Å². The zero-order valence-electron chi connectivity index (χ0n) is 15.2. The Labute approximate surface area is 161 Å². The van der Waals surface area contributed by atoms with Crippen molar-refractivity contribution in [2.75, 3.05) is 5.73 Å². The molecule has 0 radical (unpaired) electrons. The van der Waals surface area contributed by atoms with Crippen LogP contribution in [0.25, 0.3) is 16.3 Å². The summed E-state index contributed by atoms with van der Waals surface area (Å²) in [7, 11) is 0. The molecule has 3 aromatic heterocycles. The quantitative estimate of drug-likeness (QED) is 0.412. The predicted molar refractivity (Wildman–Crippen MR) is 105 cm³/mol. The standard InChI is InChI=1S/C20H21N3O3S/c1-12-7-8-13(26-12)9-10-17(24)25-11-16-22-19(21)18-14-5-3-2-4-6-15(14)27-20(18)23-16/h7-10H,2-6,11H2,1H3,(H2,21,22,23). The fourth-order valence-electron chi connectivity index (χ4n) is 3.35. The maximum atomic E-state index is 11.9. The van der Waals surface area contributed by atoms with Crippen molar-refractivity contribution in [1.82, 2.24) is 9.97 Å². The first-order chi connectivity index (χ1) is 13.1. The average Bonchev–Trinajstić information content (AvgIpc) is 3.14. The van der Waals surface area contributed by atoms with Gasteiger partial charge < -0.3 is 14.9 Å². The number of aromatic nitrogens is 2. The molecule has 0 fully saturated rings. The first kappa shape index (κ1) is 17.7. The highest BCUT2D eigenvalue weighted by atomic mass is 32.1. The van der Waals surface area contributed by atoms with Gasteiger partial charge in [-0.15, -0.1) is 11.3 Å². The molecule has 0 aliphatic heterocycles. The minimum atomic E-state index is -0.478. The number of fused-ring (bicyclic) bond motifs is 3. The maximum absolute atomic E-state index is 11.9. The number of carbonyl (C=O) groups is 1. The minimum absolute atomic E-state index is 0.0109. The molecule has 0 amide bonds. The second kappa shape index (κ2) is 7.52. The summed E-state index contributed by atoms with van der Waals surface area (Å²) in [6, 6.07) is 3.62. The predicted octanol–water partition coefficient (Wildman–Crippen LogP) is 4.20. The number of rotatable bonds is 4. The van der Waals surface area contributed by atoms with Crippen molar-refractivity contribution in [2.24, 2.45) is 0 Å². The molecule has 0 saturated carbocycles. The molecule has 7 heteroatoms. The van der Waals surface area contributed by atoms with Gasteiger partial charge in [0.15, 0.2) is 12.4 Å². The van der Waals surface area contributed by atoms with Crippen molar-refractivity contribution in [3.8, 4) is 0 Å². The molecular formula is C20H21N3O3S. The third kappa shape index (κ3) is 3.88. The van der Waals surface area contributed by atoms with E-state index >= 15 is 0 Å². The van der Waals surface area contributed by atoms with Gasteiger partial charge in [-0.25, -0.2) is 14.8 Å². The zero-order chi connectivity index (χ0) is 18.8. The van der Waals surface area contributed by atoms with Crippen LogP contribution in [0.15, 0.2) is 22.6 Å². The van der Waals surface area contributed by atoms with Crippen LogP contribution in [-0.2, 0) is 29.0 Å². The highest BCUT2D eigenvalue weighted by molar-refractivity contribution is 7.19. The van der Waals surface area contributed by atoms with Crippen molar-refractivity contribution in [2.45, 2.75) is 45.6 Å². The third-order valence-electron chi connectivity index (χ3n) is 4.63. The van der Waals surface area contributed by atoms with Crippen LogP contribution in [0.5, 0.6) is 0 Å². The molecule has 0 saturated heterocycles. The van der Waals surface area contributed by atoms with Gasteiger partial charge in [0.05, 0.1) is 5.39 Å². The molecule has 1 aliphatic carbocycles. The van der Waals surface area contributed by atoms with Crippen LogP contribution in [0, 0.1) is 6.92 Å². The molecule has 6 nitrogen and oxygen atoms in total. The summed E-state index contributed by atoms with van der Waals surface area (Å²) in [5, 5.41) is 0.986. The number of nitrogens with zero attached hydrogens (tertiary/aromatic N) is 2. The SMILES string of the molecule is Cc1ccc(C=CC(=O)OCc2nc(N)c3c4c(sc3n2)CCCCC4)o1. The second-order valence-electron chi connectivity index (χ2n) is 6.66. The molecule has 4 rings (SSSR count). The largest absolute Gasteiger partial charge is 0.462 e. The molecule has 2 N–H and O–H groups in total. The van der Waals surface area contributed by atoms with Gasteiger partial charge in [-0.3, -0.25) is 0 Å². The van der Waals surface area contributed by atoms with Crippen LogP contribution >= 0.6 is 11.3 Å². The highest BCUT2D eigenvalue weighted by Gasteiger charge is 2.19. The molecule has 3 heterocycles. The van der Waals surface area contributed by atoms with Gasteiger partial charge in [-0.05, 0) is 56.4 Å². The van der Waals surface area contributed by atoms with Crippen LogP contribution in [0.4, 0.5) is 5.82 Å². The van der Waals surface area contributed by atoms with E-state index in [0.29, 0.717) is 17.4 Å². The Bertz CT molecular complexity index is 1020. The van der Waals surface area contributed by atoms with Crippen molar-refractivity contribution >= 4 is 39.4 Å². The number of furan rings is 1. The summed E-state index contributed by atoms with van der Waals surface area (Å²) in [5.74, 6) is 1.81. The number of esters is 1. The Morgan fingerprint density at radius 1 is 1.30 bits per heavy atom. The number of anilines is 1. The van der Waals surface area contributed by atoms with Crippen molar-refractivity contribution < 1.29 is 13.9 Å². The fourth-order valence-corrected chi connectivity index (χ4v) is 4.64. The van der Waals surface area contributed by atoms with E-state index in [9.17, 15) is 4.79 Å². The molecule has 140 valence electrons. The minimum Gasteiger partial charge on any atom is -0.462 e. The molecule has 0 unspecified atom stereocenters. The molecule has 0 aromatic carbocycles. The van der Waals surface area contributed by atoms with E-state index in [1.54, 1.807) is 23.5 Å². The smallest absolute Gasteiger partial charge is 0.331 e. The van der Waals surface area contributed by atoms with Crippen molar-refractivity contribution in [3.05, 3.63) is 46.0 Å². The number of carbonyl (C=O) groups excluding carboxylic acids is 1. The Hall–Kier alpha value is -2.67. The Kier molecular flexibility index (Phi) is 4.94. The summed E-state index contributed by atoms with van der Waals surface area (Å²) in [6.07, 6.45) is 8.66. The first-order valence-electron chi connectivity index (χ1n) is 9.08. The van der Waals surface area contributed by atoms with E-state index in [1.165, 1.54) is 35.8 Å². The lowest BCUT2D eigenvalue weighted by molar-refractivity contribution is -0.139. The van der Waals surface area contributed by atoms with E-state index in [0.717, 1.165) is 28.8 Å². The van der Waals surface area contributed by atoms with Gasteiger partial charge >= 0.3 is 5.97 Å². The monoisotopic (exact) mass is 383 g/mol. The van der Waals surface area contributed by atoms with Gasteiger partial charge in [0.25, 0.3) is 0 Å². The van der Waals surface area contributed by atoms with Crippen LogP contribution < -0.4 is 5.73 Å². The summed E-state index contributed by atoms with van der Waals surface area (Å²) < 4.78 is 10.6. The molecule has 1 aliphatic rings. The Balaban J connectivity index is 1.47. The van der Waals surface area contributed by atoms with Crippen LogP contribution in [-0.4, -0.2) is 15.9 Å². The van der Waals surface area contributed by atoms with E-state index in [-0.39, 0.29) is 6.61 Å². The number of ether oxygens (including phenoxy) is 1. The van der Waals surface area contributed by atoms with Crippen molar-refractivity contribution in [3.63, 3.8) is 0 Å². The van der Waals surface area contributed by atoms with Crippen LogP contribution in [0.2, 0.25) is 0 Å². The lowest BCUT2D eigenvalue weighted by Gasteiger charge is -2.05. The molecule has 0 bridgehead atoms. The van der Waals surface area contributed by atoms with Gasteiger partial charge in [0.2, 0.25) is 0 Å². The fraction of sp³-hybridized carbons (Fsp3) is 0.350. The van der Waals surface area contributed by atoms with Gasteiger partial charge in [0.1, 0.15) is 22.2 Å². The molecule has 0 atom stereocenters. The number of nitrogen functional groups attached to an aromatic ring is 1. The highest BCUT2D eigenvalue weighted by Crippen LogP contribution is 2.37. The van der Waals surface area contributed by atoms with E-state index in [2.05, 4.69) is 9.97 Å². The third-order valence-corrected chi connectivity index (χ3v) is 5.81. The summed E-state index contributed by atoms with van der Waals surface area (Å²) in [5.41, 5.74) is 7.52. The molecule has 27 heavy (non-hydrogen) atoms.